The lowest BCUT2D eigenvalue weighted by molar-refractivity contribution is -0.203. The highest BCUT2D eigenvalue weighted by molar-refractivity contribution is 5.92. The summed E-state index contributed by atoms with van der Waals surface area (Å²) in [5, 5.41) is 98.3. The van der Waals surface area contributed by atoms with Crippen LogP contribution in [0.4, 0.5) is 0 Å². The number of hydrogen-bond donors (Lipinski definition) is 10. The highest BCUT2D eigenvalue weighted by Gasteiger charge is 2.49. The zero-order valence-electron chi connectivity index (χ0n) is 31.4. The van der Waals surface area contributed by atoms with E-state index in [0.717, 1.165) is 72.8 Å². The minimum absolute atomic E-state index is 0.0554. The lowest BCUT2D eigenvalue weighted by atomic mass is 10.0. The van der Waals surface area contributed by atoms with Gasteiger partial charge >= 0.3 is 35.8 Å². The van der Waals surface area contributed by atoms with E-state index in [1.54, 1.807) is 0 Å². The normalized spacial score (nSPS) is 13.4. The fourth-order valence-corrected chi connectivity index (χ4v) is 5.03. The van der Waals surface area contributed by atoms with Crippen molar-refractivity contribution < 1.29 is 98.8 Å². The van der Waals surface area contributed by atoms with E-state index in [0.29, 0.717) is 24.3 Å². The van der Waals surface area contributed by atoms with E-state index in [9.17, 15) is 79.8 Å². The maximum Gasteiger partial charge on any atom is 0.349 e. The van der Waals surface area contributed by atoms with Gasteiger partial charge in [0.05, 0.1) is 0 Å². The molecule has 20 nitrogen and oxygen atoms in total. The molecule has 0 saturated heterocycles. The van der Waals surface area contributed by atoms with Crippen molar-refractivity contribution in [2.24, 2.45) is 0 Å². The predicted octanol–water partition coefficient (Wildman–Crippen LogP) is 3.30. The summed E-state index contributed by atoms with van der Waals surface area (Å²) in [5.41, 5.74) is 0.262. The number of carbonyl (C=O) groups is 6. The smallest absolute Gasteiger partial charge is 0.349 e. The third-order valence-corrected chi connectivity index (χ3v) is 8.04. The van der Waals surface area contributed by atoms with Crippen molar-refractivity contribution in [1.29, 1.82) is 0 Å². The second kappa shape index (κ2) is 20.7. The molecule has 10 N–H and O–H groups in total. The number of carboxylic acid groups (broad SMARTS) is 2. The van der Waals surface area contributed by atoms with Crippen molar-refractivity contribution in [3.63, 3.8) is 0 Å². The molecule has 0 unspecified atom stereocenters. The quantitative estimate of drug-likeness (QED) is 0.0315. The van der Waals surface area contributed by atoms with Gasteiger partial charge in [0.2, 0.25) is 12.2 Å². The molecule has 4 aromatic rings. The van der Waals surface area contributed by atoms with Crippen LogP contribution in [0, 0.1) is 0 Å². The third kappa shape index (κ3) is 13.0. The van der Waals surface area contributed by atoms with E-state index >= 15 is 0 Å². The summed E-state index contributed by atoms with van der Waals surface area (Å²) < 4.78 is 20.7. The van der Waals surface area contributed by atoms with Crippen LogP contribution in [-0.2, 0) is 47.7 Å². The van der Waals surface area contributed by atoms with Gasteiger partial charge in [0.1, 0.15) is 0 Å². The molecule has 0 aromatic heterocycles. The zero-order valence-corrected chi connectivity index (χ0v) is 31.4. The van der Waals surface area contributed by atoms with Gasteiger partial charge in [0, 0.05) is 24.3 Å². The van der Waals surface area contributed by atoms with Crippen molar-refractivity contribution >= 4 is 60.1 Å². The Balaban J connectivity index is 1.80. The topological polar surface area (TPSA) is 342 Å². The summed E-state index contributed by atoms with van der Waals surface area (Å²) in [6.07, 6.45) is -4.60. The first-order valence-corrected chi connectivity index (χ1v) is 17.4. The maximum atomic E-state index is 13.3. The van der Waals surface area contributed by atoms with Crippen molar-refractivity contribution in [1.82, 2.24) is 0 Å². The van der Waals surface area contributed by atoms with Crippen LogP contribution in [0.1, 0.15) is 22.3 Å². The summed E-state index contributed by atoms with van der Waals surface area (Å²) >= 11 is 0. The average molecular weight is 859 g/mol. The molecule has 0 aliphatic heterocycles. The minimum atomic E-state index is -2.79. The van der Waals surface area contributed by atoms with Crippen LogP contribution in [0.25, 0.3) is 24.3 Å². The number of carboxylic acids is 2. The highest BCUT2D eigenvalue weighted by Crippen LogP contribution is 2.29. The van der Waals surface area contributed by atoms with Gasteiger partial charge in [0.25, 0.3) is 0 Å². The summed E-state index contributed by atoms with van der Waals surface area (Å²) in [5.74, 6) is -14.9. The van der Waals surface area contributed by atoms with E-state index < -0.39 is 106 Å². The van der Waals surface area contributed by atoms with Gasteiger partial charge in [-0.25, -0.2) is 28.8 Å². The number of rotatable bonds is 17. The largest absolute Gasteiger partial charge is 0.504 e. The minimum Gasteiger partial charge on any atom is -0.504 e. The number of carbonyl (C=O) groups excluding carboxylic acids is 4. The average Bonchev–Trinajstić information content (AvgIpc) is 3.22. The van der Waals surface area contributed by atoms with Crippen LogP contribution in [0.2, 0.25) is 0 Å². The molecule has 0 fully saturated rings. The second-order valence-electron chi connectivity index (χ2n) is 12.5. The lowest BCUT2D eigenvalue weighted by Crippen LogP contribution is -2.56. The lowest BCUT2D eigenvalue weighted by Gasteiger charge is -2.32. The molecule has 0 heterocycles. The Bertz CT molecular complexity index is 2310. The second-order valence-corrected chi connectivity index (χ2v) is 12.5. The van der Waals surface area contributed by atoms with Crippen LogP contribution < -0.4 is 0 Å². The van der Waals surface area contributed by atoms with Crippen LogP contribution in [-0.4, -0.2) is 111 Å². The van der Waals surface area contributed by atoms with E-state index in [1.165, 1.54) is 24.3 Å². The molecule has 0 amide bonds. The van der Waals surface area contributed by atoms with Gasteiger partial charge in [-0.2, -0.15) is 0 Å². The van der Waals surface area contributed by atoms with Gasteiger partial charge in [0.15, 0.2) is 58.2 Å². The van der Waals surface area contributed by atoms with E-state index in [-0.39, 0.29) is 22.3 Å². The summed E-state index contributed by atoms with van der Waals surface area (Å²) in [7, 11) is 0. The maximum absolute atomic E-state index is 13.3. The molecule has 0 saturated carbocycles. The Labute approximate surface area is 348 Å². The first-order chi connectivity index (χ1) is 29.3. The SMILES string of the molecule is O=C(/C=C/c1ccc(O)c(O)c1)O[C@H]([C@@H](OC(=O)/C=C/c1ccc(O)c(O)c1)[C@@H](OC(=O)/C=C/c1ccc(O)c(O)c1)C(=O)O)[C@H](OC(=O)/C=C/c1ccc(O)c(O)c1)C(=O)O. The van der Waals surface area contributed by atoms with Gasteiger partial charge in [-0.05, 0) is 95.1 Å². The highest BCUT2D eigenvalue weighted by atomic mass is 16.6. The number of ether oxygens (including phenoxy) is 4. The molecule has 0 aliphatic rings. The molecular weight excluding hydrogens is 824 g/mol. The van der Waals surface area contributed by atoms with Crippen LogP contribution in [0.5, 0.6) is 46.0 Å². The Kier molecular flexibility index (Phi) is 15.2. The summed E-state index contributed by atoms with van der Waals surface area (Å²) in [6, 6.07) is 13.1. The Morgan fingerprint density at radius 3 is 0.790 bits per heavy atom. The van der Waals surface area contributed by atoms with Gasteiger partial charge in [-0.3, -0.25) is 0 Å². The molecule has 0 spiro atoms. The van der Waals surface area contributed by atoms with E-state index in [4.69, 9.17) is 18.9 Å². The molecule has 322 valence electrons. The molecule has 0 radical (unpaired) electrons. The van der Waals surface area contributed by atoms with E-state index in [2.05, 4.69) is 0 Å². The first-order valence-electron chi connectivity index (χ1n) is 17.4. The van der Waals surface area contributed by atoms with Crippen molar-refractivity contribution in [2.75, 3.05) is 0 Å². The van der Waals surface area contributed by atoms with Crippen molar-refractivity contribution in [3.8, 4) is 46.0 Å². The molecular formula is C42H34O20. The fourth-order valence-electron chi connectivity index (χ4n) is 5.03. The molecule has 4 rings (SSSR count). The standard InChI is InChI=1S/C42H34O20/c43-25-9-1-21(17-29(25)47)5-13-33(51)59-37(39(41(55)56)61-35(53)15-7-23-3-11-27(45)31(49)19-23)38(60-34(52)14-6-22-2-10-26(44)30(48)18-22)40(42(57)58)62-36(54)16-8-24-4-12-28(46)32(50)20-24/h1-20,37-40,43-50H,(H,55,56)(H,57,58)/b13-5+,14-6+,15-7+,16-8+/t37-,38-,39-,40+/m1/s1. The van der Waals surface area contributed by atoms with Crippen molar-refractivity contribution in [2.45, 2.75) is 24.4 Å². The summed E-state index contributed by atoms with van der Waals surface area (Å²) in [6.45, 7) is 0. The fraction of sp³-hybridized carbons (Fsp3) is 0.0952. The number of aromatic hydroxyl groups is 8. The Morgan fingerprint density at radius 1 is 0.355 bits per heavy atom. The molecule has 0 bridgehead atoms. The molecule has 4 aromatic carbocycles. The van der Waals surface area contributed by atoms with Gasteiger partial charge in [-0.1, -0.05) is 24.3 Å². The predicted molar refractivity (Wildman–Crippen MR) is 210 cm³/mol. The number of benzene rings is 4. The summed E-state index contributed by atoms with van der Waals surface area (Å²) in [4.78, 5) is 78.4. The van der Waals surface area contributed by atoms with Crippen LogP contribution in [0.3, 0.4) is 0 Å². The van der Waals surface area contributed by atoms with Crippen LogP contribution in [0.15, 0.2) is 97.1 Å². The number of hydrogen-bond acceptors (Lipinski definition) is 18. The zero-order chi connectivity index (χ0) is 45.7. The van der Waals surface area contributed by atoms with E-state index in [1.807, 2.05) is 0 Å². The molecule has 20 heteroatoms. The number of aliphatic carboxylic acids is 2. The van der Waals surface area contributed by atoms with Crippen LogP contribution >= 0.6 is 0 Å². The molecule has 0 aliphatic carbocycles. The number of esters is 4. The van der Waals surface area contributed by atoms with Gasteiger partial charge in [-0.15, -0.1) is 0 Å². The third-order valence-electron chi connectivity index (χ3n) is 8.04. The number of phenols is 8. The van der Waals surface area contributed by atoms with Crippen molar-refractivity contribution in [3.05, 3.63) is 119 Å². The van der Waals surface area contributed by atoms with Gasteiger partial charge < -0.3 is 70.0 Å². The Morgan fingerprint density at radius 2 is 0.581 bits per heavy atom. The molecule has 62 heavy (non-hydrogen) atoms. The monoisotopic (exact) mass is 858 g/mol. The first kappa shape index (κ1) is 45.8. The Hall–Kier alpha value is -8.94. The number of phenolic OH excluding ortho intramolecular Hbond substituents is 8. The molecule has 4 atom stereocenters.